The van der Waals surface area contributed by atoms with Crippen molar-refractivity contribution >= 4 is 33.6 Å². The van der Waals surface area contributed by atoms with E-state index in [1.54, 1.807) is 37.6 Å². The fourth-order valence-corrected chi connectivity index (χ4v) is 7.66. The molecule has 3 aromatic carbocycles. The molecule has 2 fully saturated rings. The van der Waals surface area contributed by atoms with Crippen molar-refractivity contribution in [2.75, 3.05) is 39.8 Å². The molecule has 0 unspecified atom stereocenters. The van der Waals surface area contributed by atoms with Gasteiger partial charge < -0.3 is 15.2 Å². The number of likely N-dealkylation sites (tertiary alicyclic amines) is 2. The number of nitrogens with one attached hydrogen (secondary N) is 1. The second kappa shape index (κ2) is 14.9. The van der Waals surface area contributed by atoms with Crippen molar-refractivity contribution in [2.45, 2.75) is 63.5 Å². The van der Waals surface area contributed by atoms with E-state index in [2.05, 4.69) is 10.2 Å². The maximum Gasteiger partial charge on any atom is 0.403 e. The number of hydrogen-bond acceptors (Lipinski definition) is 6. The zero-order valence-corrected chi connectivity index (χ0v) is 28.6. The lowest BCUT2D eigenvalue weighted by atomic mass is 9.76. The van der Waals surface area contributed by atoms with Gasteiger partial charge in [0.25, 0.3) is 0 Å². The number of nitrogens with zero attached hydrogens (tertiary/aromatic N) is 3. The molecule has 6 rings (SSSR count). The fraction of sp³-hybridized carbons (Fsp3) is 0.447. The Morgan fingerprint density at radius 3 is 2.21 bits per heavy atom. The Kier molecular flexibility index (Phi) is 10.7. The number of rotatable bonds is 10. The van der Waals surface area contributed by atoms with Crippen molar-refractivity contribution in [3.05, 3.63) is 71.9 Å². The topological polar surface area (TPSA) is 95.0 Å². The molecule has 8 nitrogen and oxygen atoms in total. The molecule has 0 aliphatic carbocycles. The highest BCUT2D eigenvalue weighted by Gasteiger charge is 2.61. The molecule has 2 N–H and O–H groups in total. The van der Waals surface area contributed by atoms with Gasteiger partial charge in [-0.25, -0.2) is 4.79 Å². The van der Waals surface area contributed by atoms with Crippen molar-refractivity contribution in [2.24, 2.45) is 5.41 Å². The van der Waals surface area contributed by atoms with Crippen LogP contribution < -0.4 is 10.1 Å². The minimum Gasteiger partial charge on any atom is -0.496 e. The zero-order valence-electron chi connectivity index (χ0n) is 28.6. The van der Waals surface area contributed by atoms with Crippen molar-refractivity contribution in [1.82, 2.24) is 20.1 Å². The van der Waals surface area contributed by atoms with Crippen LogP contribution in [-0.2, 0) is 22.6 Å². The third-order valence-electron chi connectivity index (χ3n) is 10.4. The molecule has 4 aromatic rings. The molecule has 52 heavy (non-hydrogen) atoms. The van der Waals surface area contributed by atoms with Crippen LogP contribution in [0.25, 0.3) is 32.8 Å². The van der Waals surface area contributed by atoms with Crippen LogP contribution in [0.5, 0.6) is 5.75 Å². The van der Waals surface area contributed by atoms with Gasteiger partial charge in [-0.05, 0) is 97.5 Å². The number of carbonyl (C=O) groups is 2. The summed E-state index contributed by atoms with van der Waals surface area (Å²) in [6.07, 6.45) is -6.63. The predicted octanol–water partition coefficient (Wildman–Crippen LogP) is 7.37. The lowest BCUT2D eigenvalue weighted by molar-refractivity contribution is -0.236. The summed E-state index contributed by atoms with van der Waals surface area (Å²) < 4.78 is 87.9. The van der Waals surface area contributed by atoms with E-state index in [0.717, 1.165) is 65.0 Å². The number of pyridine rings is 1. The van der Waals surface area contributed by atoms with E-state index in [0.29, 0.717) is 22.1 Å². The Morgan fingerprint density at radius 1 is 0.865 bits per heavy atom. The highest BCUT2D eigenvalue weighted by atomic mass is 19.4. The number of benzene rings is 3. The van der Waals surface area contributed by atoms with Crippen LogP contribution >= 0.6 is 0 Å². The average molecular weight is 731 g/mol. The van der Waals surface area contributed by atoms with Gasteiger partial charge in [-0.3, -0.25) is 19.6 Å². The number of carboxylic acids is 1. The van der Waals surface area contributed by atoms with Crippen LogP contribution in [0, 0.1) is 5.41 Å². The standard InChI is InChI=1S/C38H40F6N4O4/c1-52-31-12-11-27-25(22-47-17-3-2-4-18-47)13-16-45-33(27)32(31)29-10-6-8-26-24(7-5-9-28(26)29)21-30(34(49)50)46-35(51)36(38(42,43)44)14-19-48(20-15-36)23-37(39,40)41/h5-13,16,30H,2-4,14-15,17-23H2,1H3,(H,46,51)(H,49,50)/t30-/m0/s1. The van der Waals surface area contributed by atoms with Crippen molar-refractivity contribution in [3.8, 4) is 16.9 Å². The number of alkyl halides is 6. The molecule has 0 bridgehead atoms. The Bertz CT molecular complexity index is 1940. The molecule has 2 saturated heterocycles. The quantitative estimate of drug-likeness (QED) is 0.165. The maximum absolute atomic E-state index is 14.5. The van der Waals surface area contributed by atoms with Gasteiger partial charge in [0.1, 0.15) is 17.2 Å². The molecule has 2 aliphatic heterocycles. The number of halogens is 6. The first kappa shape index (κ1) is 37.3. The Balaban J connectivity index is 1.32. The maximum atomic E-state index is 14.5. The fourth-order valence-electron chi connectivity index (χ4n) is 7.66. The van der Waals surface area contributed by atoms with Crippen molar-refractivity contribution in [1.29, 1.82) is 0 Å². The molecule has 1 atom stereocenters. The minimum atomic E-state index is -5.11. The largest absolute Gasteiger partial charge is 0.496 e. The van der Waals surface area contributed by atoms with Crippen LogP contribution in [0.15, 0.2) is 60.8 Å². The molecular formula is C38H40F6N4O4. The molecule has 278 valence electrons. The number of carboxylic acid groups (broad SMARTS) is 1. The van der Waals surface area contributed by atoms with Crippen LogP contribution in [-0.4, -0.2) is 90.0 Å². The number of ether oxygens (including phenoxy) is 1. The van der Waals surface area contributed by atoms with Gasteiger partial charge in [0, 0.05) is 24.5 Å². The lowest BCUT2D eigenvalue weighted by Gasteiger charge is -2.42. The van der Waals surface area contributed by atoms with Crippen LogP contribution in [0.3, 0.4) is 0 Å². The number of fused-ring (bicyclic) bond motifs is 2. The van der Waals surface area contributed by atoms with Gasteiger partial charge >= 0.3 is 18.3 Å². The molecule has 0 spiro atoms. The number of aliphatic carboxylic acids is 1. The second-order valence-corrected chi connectivity index (χ2v) is 13.7. The second-order valence-electron chi connectivity index (χ2n) is 13.7. The zero-order chi connectivity index (χ0) is 37.3. The minimum absolute atomic E-state index is 0.346. The van der Waals surface area contributed by atoms with E-state index in [1.165, 1.54) is 6.42 Å². The monoisotopic (exact) mass is 730 g/mol. The number of methoxy groups -OCH3 is 1. The van der Waals surface area contributed by atoms with Gasteiger partial charge in [-0.15, -0.1) is 0 Å². The highest BCUT2D eigenvalue weighted by Crippen LogP contribution is 2.47. The van der Waals surface area contributed by atoms with Gasteiger partial charge in [0.2, 0.25) is 5.91 Å². The summed E-state index contributed by atoms with van der Waals surface area (Å²) >= 11 is 0. The van der Waals surface area contributed by atoms with E-state index in [1.807, 2.05) is 30.3 Å². The normalized spacial score (nSPS) is 18.0. The summed E-state index contributed by atoms with van der Waals surface area (Å²) in [5.74, 6) is -2.54. The Labute approximate surface area is 296 Å². The smallest absolute Gasteiger partial charge is 0.403 e. The van der Waals surface area contributed by atoms with Crippen LogP contribution in [0.1, 0.15) is 43.2 Å². The molecule has 1 aromatic heterocycles. The first-order valence-corrected chi connectivity index (χ1v) is 17.3. The van der Waals surface area contributed by atoms with Gasteiger partial charge in [0.05, 0.1) is 24.7 Å². The van der Waals surface area contributed by atoms with Crippen LogP contribution in [0.4, 0.5) is 26.3 Å². The Morgan fingerprint density at radius 2 is 1.56 bits per heavy atom. The summed E-state index contributed by atoms with van der Waals surface area (Å²) in [7, 11) is 1.56. The summed E-state index contributed by atoms with van der Waals surface area (Å²) in [4.78, 5) is 33.8. The molecule has 1 amide bonds. The van der Waals surface area contributed by atoms with Crippen LogP contribution in [0.2, 0.25) is 0 Å². The van der Waals surface area contributed by atoms with Crippen molar-refractivity contribution < 1.29 is 45.8 Å². The first-order chi connectivity index (χ1) is 24.7. The molecule has 14 heteroatoms. The third kappa shape index (κ3) is 7.68. The summed E-state index contributed by atoms with van der Waals surface area (Å²) in [6.45, 7) is 0.173. The average Bonchev–Trinajstić information content (AvgIpc) is 3.10. The first-order valence-electron chi connectivity index (χ1n) is 17.3. The highest BCUT2D eigenvalue weighted by molar-refractivity contribution is 6.07. The molecular weight excluding hydrogens is 690 g/mol. The number of amides is 1. The van der Waals surface area contributed by atoms with Crippen molar-refractivity contribution in [3.63, 3.8) is 0 Å². The lowest BCUT2D eigenvalue weighted by Crippen LogP contribution is -2.59. The van der Waals surface area contributed by atoms with Gasteiger partial charge in [-0.2, -0.15) is 26.3 Å². The van der Waals surface area contributed by atoms with E-state index < -0.39 is 68.2 Å². The Hall–Kier alpha value is -4.43. The number of carbonyl (C=O) groups excluding carboxylic acids is 1. The van der Waals surface area contributed by atoms with E-state index >= 15 is 0 Å². The van der Waals surface area contributed by atoms with Gasteiger partial charge in [0.15, 0.2) is 0 Å². The molecule has 3 heterocycles. The summed E-state index contributed by atoms with van der Waals surface area (Å²) in [6, 6.07) is 14.8. The predicted molar refractivity (Wildman–Crippen MR) is 184 cm³/mol. The van der Waals surface area contributed by atoms with E-state index in [4.69, 9.17) is 9.72 Å². The number of aromatic nitrogens is 1. The number of hydrogen-bond donors (Lipinski definition) is 2. The third-order valence-corrected chi connectivity index (χ3v) is 10.4. The SMILES string of the molecule is COc1ccc2c(CN3CCCCC3)ccnc2c1-c1cccc2c(C[C@H](NC(=O)C3(C(F)(F)F)CCN(CC(F)(F)F)CC3)C(=O)O)cccc12. The molecule has 0 saturated carbocycles. The summed E-state index contributed by atoms with van der Waals surface area (Å²) in [5.41, 5.74) is 0.767. The van der Waals surface area contributed by atoms with E-state index in [9.17, 15) is 41.0 Å². The molecule has 2 aliphatic rings. The van der Waals surface area contributed by atoms with Gasteiger partial charge in [-0.1, -0.05) is 42.8 Å². The molecule has 0 radical (unpaired) electrons. The van der Waals surface area contributed by atoms with E-state index in [-0.39, 0.29) is 6.42 Å². The summed E-state index contributed by atoms with van der Waals surface area (Å²) in [5, 5.41) is 14.5. The number of piperidine rings is 2.